The molecule has 0 bridgehead atoms. The Hall–Kier alpha value is -2.71. The minimum absolute atomic E-state index is 0.141. The van der Waals surface area contributed by atoms with Crippen LogP contribution in [0, 0.1) is 0 Å². The van der Waals surface area contributed by atoms with Crippen LogP contribution in [0.4, 0.5) is 5.82 Å². The number of aromatic nitrogens is 4. The van der Waals surface area contributed by atoms with Crippen LogP contribution in [0.1, 0.15) is 11.1 Å². The smallest absolute Gasteiger partial charge is 0.240 e. The van der Waals surface area contributed by atoms with E-state index in [-0.39, 0.29) is 5.88 Å². The van der Waals surface area contributed by atoms with Crippen molar-refractivity contribution < 1.29 is 10.2 Å². The number of rotatable bonds is 5. The van der Waals surface area contributed by atoms with Crippen LogP contribution in [0.2, 0.25) is 0 Å². The van der Waals surface area contributed by atoms with Crippen LogP contribution in [0.25, 0.3) is 11.0 Å². The maximum absolute atomic E-state index is 10.4. The van der Waals surface area contributed by atoms with Crippen molar-refractivity contribution >= 4 is 16.9 Å². The second-order valence-corrected chi connectivity index (χ2v) is 6.28. The van der Waals surface area contributed by atoms with Gasteiger partial charge in [0.1, 0.15) is 17.4 Å². The van der Waals surface area contributed by atoms with Crippen molar-refractivity contribution in [3.63, 3.8) is 0 Å². The number of anilines is 1. The lowest BCUT2D eigenvalue weighted by Crippen LogP contribution is -2.39. The van der Waals surface area contributed by atoms with E-state index in [9.17, 15) is 10.2 Å². The molecule has 130 valence electrons. The molecule has 3 aromatic rings. The highest BCUT2D eigenvalue weighted by Gasteiger charge is 2.19. The van der Waals surface area contributed by atoms with Crippen LogP contribution < -0.4 is 5.32 Å². The first-order valence-electron chi connectivity index (χ1n) is 8.30. The number of fused-ring (bicyclic) bond motifs is 2. The molecule has 4 rings (SSSR count). The van der Waals surface area contributed by atoms with Crippen molar-refractivity contribution in [3.8, 4) is 5.88 Å². The third-order valence-corrected chi connectivity index (χ3v) is 4.51. The summed E-state index contributed by atoms with van der Waals surface area (Å²) in [4.78, 5) is 10.1. The number of hydrogen-bond acceptors (Lipinski definition) is 7. The highest BCUT2D eigenvalue weighted by molar-refractivity contribution is 5.88. The number of aliphatic hydroxyl groups is 1. The van der Waals surface area contributed by atoms with E-state index in [1.807, 2.05) is 0 Å². The third-order valence-electron chi connectivity index (χ3n) is 4.51. The lowest BCUT2D eigenvalue weighted by atomic mass is 10.00. The lowest BCUT2D eigenvalue weighted by Gasteiger charge is -2.30. The highest BCUT2D eigenvalue weighted by Crippen LogP contribution is 2.23. The molecule has 4 N–H and O–H groups in total. The lowest BCUT2D eigenvalue weighted by molar-refractivity contribution is 0.114. The first-order valence-corrected chi connectivity index (χ1v) is 8.30. The van der Waals surface area contributed by atoms with Gasteiger partial charge in [-0.05, 0) is 17.5 Å². The zero-order chi connectivity index (χ0) is 17.2. The summed E-state index contributed by atoms with van der Waals surface area (Å²) < 4.78 is 0. The van der Waals surface area contributed by atoms with Gasteiger partial charge >= 0.3 is 0 Å². The summed E-state index contributed by atoms with van der Waals surface area (Å²) in [7, 11) is 0. The Morgan fingerprint density at radius 1 is 1.24 bits per heavy atom. The number of aromatic hydroxyl groups is 1. The Balaban J connectivity index is 1.35. The second-order valence-electron chi connectivity index (χ2n) is 6.28. The van der Waals surface area contributed by atoms with Gasteiger partial charge in [0.2, 0.25) is 5.88 Å². The number of hydrogen-bond donors (Lipinski definition) is 4. The number of aromatic amines is 1. The fourth-order valence-corrected chi connectivity index (χ4v) is 3.23. The largest absolute Gasteiger partial charge is 0.492 e. The molecule has 8 heteroatoms. The molecule has 0 aliphatic carbocycles. The van der Waals surface area contributed by atoms with Crippen LogP contribution in [0.3, 0.4) is 0 Å². The van der Waals surface area contributed by atoms with Gasteiger partial charge in [-0.3, -0.25) is 10.00 Å². The number of H-pyrrole nitrogens is 1. The van der Waals surface area contributed by atoms with Gasteiger partial charge in [0.15, 0.2) is 5.82 Å². The Kier molecular flexibility index (Phi) is 4.21. The van der Waals surface area contributed by atoms with E-state index >= 15 is 0 Å². The van der Waals surface area contributed by atoms with E-state index in [2.05, 4.69) is 54.6 Å². The second kappa shape index (κ2) is 6.66. The Morgan fingerprint density at radius 3 is 2.96 bits per heavy atom. The first-order chi connectivity index (χ1) is 12.2. The summed E-state index contributed by atoms with van der Waals surface area (Å²) in [6, 6.07) is 8.45. The maximum Gasteiger partial charge on any atom is 0.240 e. The summed E-state index contributed by atoms with van der Waals surface area (Å²) >= 11 is 0. The van der Waals surface area contributed by atoms with Crippen LogP contribution in [-0.2, 0) is 13.0 Å². The fraction of sp³-hybridized carbons (Fsp3) is 0.353. The molecule has 25 heavy (non-hydrogen) atoms. The number of nitrogens with zero attached hydrogens (tertiary/aromatic N) is 4. The number of β-amino-alcohol motifs (C(OH)–C–C–N with tert-alkyl or cyclic N) is 1. The fourth-order valence-electron chi connectivity index (χ4n) is 3.23. The molecule has 1 aliphatic heterocycles. The quantitative estimate of drug-likeness (QED) is 0.546. The normalized spacial score (nSPS) is 15.9. The van der Waals surface area contributed by atoms with Gasteiger partial charge in [-0.2, -0.15) is 5.10 Å². The van der Waals surface area contributed by atoms with Gasteiger partial charge in [0, 0.05) is 26.2 Å². The van der Waals surface area contributed by atoms with Gasteiger partial charge in [-0.1, -0.05) is 24.3 Å². The zero-order valence-corrected chi connectivity index (χ0v) is 13.7. The van der Waals surface area contributed by atoms with Crippen molar-refractivity contribution in [3.05, 3.63) is 41.7 Å². The molecule has 0 amide bonds. The Labute approximate surface area is 144 Å². The average molecular weight is 340 g/mol. The number of benzene rings is 1. The van der Waals surface area contributed by atoms with E-state index < -0.39 is 6.10 Å². The number of aliphatic hydroxyl groups excluding tert-OH is 1. The maximum atomic E-state index is 10.4. The SMILES string of the molecule is Oc1ncnc2c(NC[C@H](O)CN3CCc4ccccc4C3)n[nH]c12. The Bertz CT molecular complexity index is 880. The monoisotopic (exact) mass is 340 g/mol. The summed E-state index contributed by atoms with van der Waals surface area (Å²) in [5.41, 5.74) is 3.62. The molecular formula is C17H20N6O2. The van der Waals surface area contributed by atoms with Gasteiger partial charge in [0.05, 0.1) is 6.10 Å². The molecule has 2 aromatic heterocycles. The topological polar surface area (TPSA) is 110 Å². The minimum atomic E-state index is -0.535. The molecule has 1 aliphatic rings. The molecule has 0 fully saturated rings. The van der Waals surface area contributed by atoms with Crippen molar-refractivity contribution in [1.29, 1.82) is 0 Å². The molecule has 3 heterocycles. The molecule has 1 aromatic carbocycles. The van der Waals surface area contributed by atoms with Crippen LogP contribution in [0.15, 0.2) is 30.6 Å². The molecule has 8 nitrogen and oxygen atoms in total. The van der Waals surface area contributed by atoms with Crippen molar-refractivity contribution in [2.24, 2.45) is 0 Å². The zero-order valence-electron chi connectivity index (χ0n) is 13.7. The van der Waals surface area contributed by atoms with E-state index in [1.165, 1.54) is 17.5 Å². The van der Waals surface area contributed by atoms with Gasteiger partial charge in [-0.15, -0.1) is 0 Å². The molecule has 0 saturated carbocycles. The van der Waals surface area contributed by atoms with Crippen LogP contribution >= 0.6 is 0 Å². The van der Waals surface area contributed by atoms with E-state index in [1.54, 1.807) is 0 Å². The predicted molar refractivity (Wildman–Crippen MR) is 93.3 cm³/mol. The molecule has 0 unspecified atom stereocenters. The van der Waals surface area contributed by atoms with Crippen molar-refractivity contribution in [1.82, 2.24) is 25.1 Å². The Morgan fingerprint density at radius 2 is 2.08 bits per heavy atom. The standard InChI is InChI=1S/C17H20N6O2/c24-13(9-23-6-5-11-3-1-2-4-12(11)8-23)7-18-16-14-15(21-22-16)17(25)20-10-19-14/h1-4,10,13,24H,5-9H2,(H2,18,21,22)(H,19,20,25)/t13-/m0/s1. The first kappa shape index (κ1) is 15.8. The van der Waals surface area contributed by atoms with Crippen LogP contribution in [0.5, 0.6) is 5.88 Å². The molecular weight excluding hydrogens is 320 g/mol. The van der Waals surface area contributed by atoms with E-state index in [0.29, 0.717) is 29.9 Å². The van der Waals surface area contributed by atoms with E-state index in [4.69, 9.17) is 0 Å². The van der Waals surface area contributed by atoms with Gasteiger partial charge < -0.3 is 15.5 Å². The molecule has 0 radical (unpaired) electrons. The summed E-state index contributed by atoms with van der Waals surface area (Å²) in [5, 5.41) is 29.9. The van der Waals surface area contributed by atoms with E-state index in [0.717, 1.165) is 19.5 Å². The van der Waals surface area contributed by atoms with Gasteiger partial charge in [0.25, 0.3) is 0 Å². The highest BCUT2D eigenvalue weighted by atomic mass is 16.3. The third kappa shape index (κ3) is 3.26. The predicted octanol–water partition coefficient (Wildman–Crippen LogP) is 0.890. The summed E-state index contributed by atoms with van der Waals surface area (Å²) in [6.07, 6.45) is 1.75. The summed E-state index contributed by atoms with van der Waals surface area (Å²) in [5.74, 6) is 0.355. The average Bonchev–Trinajstić information content (AvgIpc) is 3.04. The minimum Gasteiger partial charge on any atom is -0.492 e. The summed E-state index contributed by atoms with van der Waals surface area (Å²) in [6.45, 7) is 2.74. The van der Waals surface area contributed by atoms with Crippen LogP contribution in [-0.4, -0.2) is 61.0 Å². The molecule has 0 spiro atoms. The number of nitrogens with one attached hydrogen (secondary N) is 2. The molecule has 1 atom stereocenters. The van der Waals surface area contributed by atoms with Crippen molar-refractivity contribution in [2.75, 3.05) is 25.0 Å². The molecule has 0 saturated heterocycles. The van der Waals surface area contributed by atoms with Gasteiger partial charge in [-0.25, -0.2) is 9.97 Å². The van der Waals surface area contributed by atoms with Crippen molar-refractivity contribution in [2.45, 2.75) is 19.1 Å².